The van der Waals surface area contributed by atoms with Crippen LogP contribution in [-0.2, 0) is 12.6 Å². The second kappa shape index (κ2) is 9.06. The normalized spacial score (nSPS) is 11.7. The summed E-state index contributed by atoms with van der Waals surface area (Å²) in [5.41, 5.74) is 1.08. The van der Waals surface area contributed by atoms with Gasteiger partial charge < -0.3 is 9.64 Å². The molecule has 0 saturated heterocycles. The monoisotopic (exact) mass is 381 g/mol. The van der Waals surface area contributed by atoms with E-state index in [-0.39, 0.29) is 18.5 Å². The van der Waals surface area contributed by atoms with Gasteiger partial charge in [0.25, 0.3) is 0 Å². The molecule has 0 amide bonds. The molecule has 0 radical (unpaired) electrons. The largest absolute Gasteiger partial charge is 0.477 e. The van der Waals surface area contributed by atoms with E-state index in [1.54, 1.807) is 4.90 Å². The number of ether oxygens (including phenoxy) is 1. The number of rotatable bonds is 8. The Kier molecular flexibility index (Phi) is 7.05. The molecule has 0 bridgehead atoms. The molecule has 0 fully saturated rings. The standard InChI is InChI=1S/C20H26F3N3O/c1-5-7-15-8-10-16(11-9-15)26(6-2)19-24-12-17(20(21,22)23)18(25-19)27-13-14(3)4/h8-12,14H,5-7,13H2,1-4H3. The highest BCUT2D eigenvalue weighted by Gasteiger charge is 2.36. The Balaban J connectivity index is 2.37. The number of hydrogen-bond donors (Lipinski definition) is 0. The summed E-state index contributed by atoms with van der Waals surface area (Å²) in [5, 5.41) is 0. The molecule has 0 atom stereocenters. The van der Waals surface area contributed by atoms with Crippen molar-refractivity contribution in [1.82, 2.24) is 9.97 Å². The molecule has 0 unspecified atom stereocenters. The summed E-state index contributed by atoms with van der Waals surface area (Å²) in [6.07, 6.45) is -1.73. The first-order chi connectivity index (χ1) is 12.8. The van der Waals surface area contributed by atoms with Crippen molar-refractivity contribution < 1.29 is 17.9 Å². The van der Waals surface area contributed by atoms with Crippen LogP contribution in [0.4, 0.5) is 24.8 Å². The summed E-state index contributed by atoms with van der Waals surface area (Å²) in [5.74, 6) is -0.160. The lowest BCUT2D eigenvalue weighted by atomic mass is 10.1. The molecule has 0 aliphatic carbocycles. The molecule has 27 heavy (non-hydrogen) atoms. The van der Waals surface area contributed by atoms with E-state index in [1.807, 2.05) is 45.0 Å². The maximum atomic E-state index is 13.3. The van der Waals surface area contributed by atoms with Gasteiger partial charge in [0.15, 0.2) is 0 Å². The Labute approximate surface area is 158 Å². The molecular formula is C20H26F3N3O. The number of aryl methyl sites for hydroxylation is 1. The highest BCUT2D eigenvalue weighted by atomic mass is 19.4. The van der Waals surface area contributed by atoms with Gasteiger partial charge in [-0.05, 0) is 37.0 Å². The van der Waals surface area contributed by atoms with Gasteiger partial charge in [0.1, 0.15) is 5.56 Å². The third kappa shape index (κ3) is 5.58. The minimum atomic E-state index is -4.57. The molecule has 148 valence electrons. The SMILES string of the molecule is CCCc1ccc(N(CC)c2ncc(C(F)(F)F)c(OCC(C)C)n2)cc1. The molecule has 1 heterocycles. The van der Waals surface area contributed by atoms with Crippen molar-refractivity contribution in [2.24, 2.45) is 5.92 Å². The molecule has 0 N–H and O–H groups in total. The second-order valence-corrected chi connectivity index (χ2v) is 6.75. The zero-order valence-corrected chi connectivity index (χ0v) is 16.2. The van der Waals surface area contributed by atoms with E-state index in [9.17, 15) is 13.2 Å². The summed E-state index contributed by atoms with van der Waals surface area (Å²) in [7, 11) is 0. The first-order valence-corrected chi connectivity index (χ1v) is 9.19. The van der Waals surface area contributed by atoms with Gasteiger partial charge in [-0.2, -0.15) is 18.2 Å². The average molecular weight is 381 g/mol. The predicted octanol–water partition coefficient (Wildman–Crippen LogP) is 5.64. The van der Waals surface area contributed by atoms with Crippen LogP contribution in [0.25, 0.3) is 0 Å². The van der Waals surface area contributed by atoms with Crippen LogP contribution in [-0.4, -0.2) is 23.1 Å². The van der Waals surface area contributed by atoms with E-state index in [1.165, 1.54) is 5.56 Å². The molecule has 0 aliphatic heterocycles. The second-order valence-electron chi connectivity index (χ2n) is 6.75. The van der Waals surface area contributed by atoms with E-state index in [4.69, 9.17) is 4.74 Å². The average Bonchev–Trinajstić information content (AvgIpc) is 2.61. The number of alkyl halides is 3. The maximum Gasteiger partial charge on any atom is 0.423 e. The lowest BCUT2D eigenvalue weighted by Crippen LogP contribution is -2.21. The molecule has 2 aromatic rings. The van der Waals surface area contributed by atoms with Crippen LogP contribution in [0.1, 0.15) is 45.2 Å². The summed E-state index contributed by atoms with van der Waals surface area (Å²) in [4.78, 5) is 9.81. The van der Waals surface area contributed by atoms with Gasteiger partial charge in [-0.15, -0.1) is 0 Å². The van der Waals surface area contributed by atoms with Crippen LogP contribution in [0.5, 0.6) is 5.88 Å². The van der Waals surface area contributed by atoms with Gasteiger partial charge in [0.05, 0.1) is 6.61 Å². The molecule has 1 aromatic carbocycles. The fraction of sp³-hybridized carbons (Fsp3) is 0.500. The Morgan fingerprint density at radius 1 is 1.11 bits per heavy atom. The number of aromatic nitrogens is 2. The van der Waals surface area contributed by atoms with E-state index in [0.717, 1.165) is 24.7 Å². The smallest absolute Gasteiger partial charge is 0.423 e. The Bertz CT molecular complexity index is 730. The van der Waals surface area contributed by atoms with Crippen molar-refractivity contribution in [3.8, 4) is 5.88 Å². The van der Waals surface area contributed by atoms with Crippen molar-refractivity contribution >= 4 is 11.6 Å². The Hall–Kier alpha value is -2.31. The predicted molar refractivity (Wildman–Crippen MR) is 100 cm³/mol. The van der Waals surface area contributed by atoms with Gasteiger partial charge in [0.2, 0.25) is 11.8 Å². The van der Waals surface area contributed by atoms with Crippen molar-refractivity contribution in [3.05, 3.63) is 41.6 Å². The maximum absolute atomic E-state index is 13.3. The summed E-state index contributed by atoms with van der Waals surface area (Å²) < 4.78 is 45.1. The van der Waals surface area contributed by atoms with Gasteiger partial charge in [-0.3, -0.25) is 0 Å². The van der Waals surface area contributed by atoms with E-state index in [0.29, 0.717) is 6.54 Å². The quantitative estimate of drug-likeness (QED) is 0.593. The van der Waals surface area contributed by atoms with Crippen LogP contribution >= 0.6 is 0 Å². The molecule has 2 rings (SSSR count). The van der Waals surface area contributed by atoms with Crippen molar-refractivity contribution in [1.29, 1.82) is 0 Å². The Morgan fingerprint density at radius 2 is 1.78 bits per heavy atom. The zero-order chi connectivity index (χ0) is 20.0. The first kappa shape index (κ1) is 21.0. The van der Waals surface area contributed by atoms with E-state index < -0.39 is 17.6 Å². The van der Waals surface area contributed by atoms with Crippen molar-refractivity contribution in [2.75, 3.05) is 18.1 Å². The number of hydrogen-bond acceptors (Lipinski definition) is 4. The minimum Gasteiger partial charge on any atom is -0.477 e. The van der Waals surface area contributed by atoms with Gasteiger partial charge in [-0.25, -0.2) is 4.98 Å². The molecule has 7 heteroatoms. The number of halogens is 3. The van der Waals surface area contributed by atoms with E-state index in [2.05, 4.69) is 16.9 Å². The molecular weight excluding hydrogens is 355 g/mol. The fourth-order valence-corrected chi connectivity index (χ4v) is 2.61. The van der Waals surface area contributed by atoms with Crippen LogP contribution < -0.4 is 9.64 Å². The number of benzene rings is 1. The number of nitrogens with zero attached hydrogens (tertiary/aromatic N) is 3. The van der Waals surface area contributed by atoms with Crippen LogP contribution in [0.3, 0.4) is 0 Å². The van der Waals surface area contributed by atoms with Gasteiger partial charge in [0, 0.05) is 18.4 Å². The van der Waals surface area contributed by atoms with Gasteiger partial charge in [-0.1, -0.05) is 39.3 Å². The fourth-order valence-electron chi connectivity index (χ4n) is 2.61. The summed E-state index contributed by atoms with van der Waals surface area (Å²) >= 11 is 0. The highest BCUT2D eigenvalue weighted by molar-refractivity contribution is 5.58. The van der Waals surface area contributed by atoms with Crippen LogP contribution in [0.15, 0.2) is 30.5 Å². The zero-order valence-electron chi connectivity index (χ0n) is 16.2. The highest BCUT2D eigenvalue weighted by Crippen LogP contribution is 2.36. The van der Waals surface area contributed by atoms with Crippen LogP contribution in [0, 0.1) is 5.92 Å². The van der Waals surface area contributed by atoms with Gasteiger partial charge >= 0.3 is 6.18 Å². The molecule has 4 nitrogen and oxygen atoms in total. The van der Waals surface area contributed by atoms with Crippen molar-refractivity contribution in [3.63, 3.8) is 0 Å². The lowest BCUT2D eigenvalue weighted by Gasteiger charge is -2.23. The molecule has 0 saturated carbocycles. The third-order valence-electron chi connectivity index (χ3n) is 3.94. The summed E-state index contributed by atoms with van der Waals surface area (Å²) in [6.45, 7) is 8.41. The Morgan fingerprint density at radius 3 is 2.30 bits per heavy atom. The molecule has 0 spiro atoms. The topological polar surface area (TPSA) is 38.2 Å². The minimum absolute atomic E-state index is 0.0814. The first-order valence-electron chi connectivity index (χ1n) is 9.19. The summed E-state index contributed by atoms with van der Waals surface area (Å²) in [6, 6.07) is 7.90. The lowest BCUT2D eigenvalue weighted by molar-refractivity contribution is -0.139. The van der Waals surface area contributed by atoms with E-state index >= 15 is 0 Å². The molecule has 0 aliphatic rings. The van der Waals surface area contributed by atoms with Crippen LogP contribution in [0.2, 0.25) is 0 Å². The third-order valence-corrected chi connectivity index (χ3v) is 3.94. The molecule has 1 aromatic heterocycles. The number of anilines is 2. The van der Waals surface area contributed by atoms with Crippen molar-refractivity contribution in [2.45, 2.75) is 46.7 Å².